The lowest BCUT2D eigenvalue weighted by molar-refractivity contribution is 0.357. The van der Waals surface area contributed by atoms with Crippen molar-refractivity contribution in [2.24, 2.45) is 0 Å². The van der Waals surface area contributed by atoms with Crippen molar-refractivity contribution in [3.8, 4) is 0 Å². The van der Waals surface area contributed by atoms with Gasteiger partial charge in [-0.15, -0.1) is 11.6 Å². The fourth-order valence-electron chi connectivity index (χ4n) is 0.855. The van der Waals surface area contributed by atoms with Crippen molar-refractivity contribution in [1.82, 2.24) is 9.21 Å². The van der Waals surface area contributed by atoms with E-state index in [1.54, 1.807) is 14.0 Å². The zero-order chi connectivity index (χ0) is 11.4. The summed E-state index contributed by atoms with van der Waals surface area (Å²) in [6.07, 6.45) is 0. The fraction of sp³-hybridized carbons (Fsp3) is 1.00. The Balaban J connectivity index is 4.29. The quantitative estimate of drug-likeness (QED) is 0.635. The number of likely N-dealkylation sites (N-methyl/N-ethyl adjacent to an activating group) is 2. The molecule has 0 aliphatic rings. The minimum Gasteiger partial charge on any atom is -0.308 e. The molecule has 0 bridgehead atoms. The van der Waals surface area contributed by atoms with Gasteiger partial charge in [-0.25, -0.2) is 12.7 Å². The maximum atomic E-state index is 11.7. The van der Waals surface area contributed by atoms with Crippen molar-refractivity contribution in [2.45, 2.75) is 12.2 Å². The Labute approximate surface area is 91.9 Å². The van der Waals surface area contributed by atoms with Crippen LogP contribution >= 0.6 is 11.6 Å². The molecule has 14 heavy (non-hydrogen) atoms. The fourth-order valence-corrected chi connectivity index (χ4v) is 2.44. The Morgan fingerprint density at radius 2 is 1.71 bits per heavy atom. The highest BCUT2D eigenvalue weighted by atomic mass is 35.5. The molecule has 0 aromatic rings. The van der Waals surface area contributed by atoms with Crippen LogP contribution in [0, 0.1) is 0 Å². The lowest BCUT2D eigenvalue weighted by atomic mass is 10.6. The molecule has 86 valence electrons. The molecule has 0 N–H and O–H groups in total. The van der Waals surface area contributed by atoms with Crippen molar-refractivity contribution >= 4 is 21.6 Å². The Morgan fingerprint density at radius 1 is 1.21 bits per heavy atom. The van der Waals surface area contributed by atoms with E-state index in [1.807, 2.05) is 19.0 Å². The molecule has 0 rings (SSSR count). The van der Waals surface area contributed by atoms with Crippen LogP contribution in [0.2, 0.25) is 0 Å². The third-order valence-electron chi connectivity index (χ3n) is 2.02. The smallest absolute Gasteiger partial charge is 0.217 e. The van der Waals surface area contributed by atoms with Gasteiger partial charge >= 0.3 is 0 Å². The van der Waals surface area contributed by atoms with Gasteiger partial charge in [-0.05, 0) is 21.0 Å². The molecule has 1 unspecified atom stereocenters. The van der Waals surface area contributed by atoms with E-state index >= 15 is 0 Å². The third-order valence-corrected chi connectivity index (χ3v) is 4.90. The second kappa shape index (κ2) is 5.90. The van der Waals surface area contributed by atoms with Gasteiger partial charge in [-0.2, -0.15) is 0 Å². The summed E-state index contributed by atoms with van der Waals surface area (Å²) in [6.45, 7) is 2.83. The van der Waals surface area contributed by atoms with Crippen LogP contribution in [0.25, 0.3) is 0 Å². The highest BCUT2D eigenvalue weighted by Crippen LogP contribution is 2.07. The van der Waals surface area contributed by atoms with Gasteiger partial charge in [-0.1, -0.05) is 0 Å². The highest BCUT2D eigenvalue weighted by Gasteiger charge is 2.24. The molecule has 1 atom stereocenters. The lowest BCUT2D eigenvalue weighted by Crippen LogP contribution is -2.39. The molecule has 0 aliphatic heterocycles. The van der Waals surface area contributed by atoms with E-state index in [9.17, 15) is 8.42 Å². The van der Waals surface area contributed by atoms with Crippen LogP contribution in [0.15, 0.2) is 0 Å². The van der Waals surface area contributed by atoms with Gasteiger partial charge in [0.05, 0.1) is 5.25 Å². The summed E-state index contributed by atoms with van der Waals surface area (Å²) in [7, 11) is 2.19. The first-order valence-corrected chi connectivity index (χ1v) is 6.52. The van der Waals surface area contributed by atoms with E-state index in [1.165, 1.54) is 4.31 Å². The molecule has 0 heterocycles. The van der Waals surface area contributed by atoms with Crippen LogP contribution in [-0.2, 0) is 10.0 Å². The topological polar surface area (TPSA) is 40.6 Å². The molecule has 6 heteroatoms. The Morgan fingerprint density at radius 3 is 2.07 bits per heavy atom. The van der Waals surface area contributed by atoms with Gasteiger partial charge in [0.2, 0.25) is 10.0 Å². The second-order valence-electron chi connectivity index (χ2n) is 3.63. The first kappa shape index (κ1) is 14.2. The number of nitrogens with zero attached hydrogens (tertiary/aromatic N) is 2. The maximum Gasteiger partial charge on any atom is 0.217 e. The molecule has 0 aliphatic carbocycles. The minimum atomic E-state index is -3.21. The molecule has 0 aromatic carbocycles. The van der Waals surface area contributed by atoms with E-state index in [2.05, 4.69) is 0 Å². The lowest BCUT2D eigenvalue weighted by Gasteiger charge is -2.22. The van der Waals surface area contributed by atoms with E-state index in [0.29, 0.717) is 13.1 Å². The standard InChI is InChI=1S/C8H19ClN2O2S/c1-8(7-9)14(12,13)11(4)6-5-10(2)3/h8H,5-7H2,1-4H3. The van der Waals surface area contributed by atoms with E-state index in [4.69, 9.17) is 11.6 Å². The Hall–Kier alpha value is 0.160. The van der Waals surface area contributed by atoms with Crippen LogP contribution in [0.4, 0.5) is 0 Å². The van der Waals surface area contributed by atoms with Crippen LogP contribution in [0.3, 0.4) is 0 Å². The van der Waals surface area contributed by atoms with E-state index < -0.39 is 15.3 Å². The zero-order valence-electron chi connectivity index (χ0n) is 9.20. The van der Waals surface area contributed by atoms with Crippen LogP contribution in [0.5, 0.6) is 0 Å². The normalized spacial score (nSPS) is 15.1. The van der Waals surface area contributed by atoms with Gasteiger partial charge < -0.3 is 4.90 Å². The largest absolute Gasteiger partial charge is 0.308 e. The van der Waals surface area contributed by atoms with E-state index in [0.717, 1.165) is 0 Å². The van der Waals surface area contributed by atoms with Crippen molar-refractivity contribution in [2.75, 3.05) is 40.1 Å². The highest BCUT2D eigenvalue weighted by molar-refractivity contribution is 7.89. The molecule has 0 aromatic heterocycles. The third kappa shape index (κ3) is 4.13. The number of halogens is 1. The predicted molar refractivity (Wildman–Crippen MR) is 60.3 cm³/mol. The van der Waals surface area contributed by atoms with Gasteiger partial charge in [0.15, 0.2) is 0 Å². The van der Waals surface area contributed by atoms with Crippen molar-refractivity contribution in [3.05, 3.63) is 0 Å². The van der Waals surface area contributed by atoms with Gasteiger partial charge in [0.1, 0.15) is 0 Å². The van der Waals surface area contributed by atoms with Crippen LogP contribution in [-0.4, -0.2) is 63.0 Å². The van der Waals surface area contributed by atoms with Crippen molar-refractivity contribution in [1.29, 1.82) is 0 Å². The Kier molecular flexibility index (Phi) is 5.97. The molecule has 0 radical (unpaired) electrons. The van der Waals surface area contributed by atoms with Crippen molar-refractivity contribution < 1.29 is 8.42 Å². The first-order chi connectivity index (χ1) is 6.32. The summed E-state index contributed by atoms with van der Waals surface area (Å²) in [5.74, 6) is 0.134. The van der Waals surface area contributed by atoms with E-state index in [-0.39, 0.29) is 5.88 Å². The molecule has 0 amide bonds. The van der Waals surface area contributed by atoms with Gasteiger partial charge in [-0.3, -0.25) is 0 Å². The summed E-state index contributed by atoms with van der Waals surface area (Å²) in [6, 6.07) is 0. The average molecular weight is 243 g/mol. The van der Waals surface area contributed by atoms with Gasteiger partial charge in [0, 0.05) is 26.0 Å². The number of hydrogen-bond acceptors (Lipinski definition) is 3. The molecule has 0 saturated carbocycles. The molecular formula is C8H19ClN2O2S. The van der Waals surface area contributed by atoms with Crippen molar-refractivity contribution in [3.63, 3.8) is 0 Å². The average Bonchev–Trinajstić information content (AvgIpc) is 2.12. The number of sulfonamides is 1. The summed E-state index contributed by atoms with van der Waals surface area (Å²) in [5.41, 5.74) is 0. The predicted octanol–water partition coefficient (Wildman–Crippen LogP) is 0.437. The molecule has 0 fully saturated rings. The first-order valence-electron chi connectivity index (χ1n) is 4.48. The summed E-state index contributed by atoms with van der Waals surface area (Å²) < 4.78 is 24.8. The minimum absolute atomic E-state index is 0.134. The maximum absolute atomic E-state index is 11.7. The second-order valence-corrected chi connectivity index (χ2v) is 6.40. The molecule has 0 saturated heterocycles. The summed E-state index contributed by atoms with van der Waals surface area (Å²) in [4.78, 5) is 1.94. The monoisotopic (exact) mass is 242 g/mol. The molecule has 0 spiro atoms. The molecule has 4 nitrogen and oxygen atoms in total. The molecular weight excluding hydrogens is 224 g/mol. The number of hydrogen-bond donors (Lipinski definition) is 0. The van der Waals surface area contributed by atoms with Crippen LogP contribution < -0.4 is 0 Å². The summed E-state index contributed by atoms with van der Waals surface area (Å²) in [5, 5.41) is -0.517. The zero-order valence-corrected chi connectivity index (χ0v) is 10.8. The Bertz CT molecular complexity index is 254. The van der Waals surface area contributed by atoms with Crippen LogP contribution in [0.1, 0.15) is 6.92 Å². The number of rotatable bonds is 6. The number of alkyl halides is 1. The SMILES string of the molecule is CC(CCl)S(=O)(=O)N(C)CCN(C)C. The van der Waals surface area contributed by atoms with Gasteiger partial charge in [0.25, 0.3) is 0 Å². The summed E-state index contributed by atoms with van der Waals surface area (Å²) >= 11 is 5.53.